The molecular formula is C16H18N4O4S. The summed E-state index contributed by atoms with van der Waals surface area (Å²) < 4.78 is 12.7. The maximum atomic E-state index is 12.1. The number of amides is 3. The molecule has 0 fully saturated rings. The van der Waals surface area contributed by atoms with E-state index in [-0.39, 0.29) is 0 Å². The number of carbonyl (C=O) groups is 2. The molecule has 132 valence electrons. The SMILES string of the molecule is C[C@@H](Sc1nccn1C)C(=O)NC(=O)Nc1ccc2c(c1)OCCO2. The summed E-state index contributed by atoms with van der Waals surface area (Å²) >= 11 is 1.28. The van der Waals surface area contributed by atoms with Gasteiger partial charge in [0.2, 0.25) is 5.91 Å². The molecule has 3 rings (SSSR count). The van der Waals surface area contributed by atoms with Gasteiger partial charge in [-0.1, -0.05) is 11.8 Å². The molecule has 0 saturated carbocycles. The van der Waals surface area contributed by atoms with Gasteiger partial charge in [0, 0.05) is 31.2 Å². The van der Waals surface area contributed by atoms with Crippen molar-refractivity contribution in [2.75, 3.05) is 18.5 Å². The van der Waals surface area contributed by atoms with Crippen LogP contribution in [0.25, 0.3) is 0 Å². The monoisotopic (exact) mass is 362 g/mol. The summed E-state index contributed by atoms with van der Waals surface area (Å²) in [6.45, 7) is 2.68. The number of aromatic nitrogens is 2. The Kier molecular flexibility index (Phi) is 5.13. The average Bonchev–Trinajstić information content (AvgIpc) is 2.99. The van der Waals surface area contributed by atoms with Gasteiger partial charge in [-0.3, -0.25) is 10.1 Å². The third-order valence-electron chi connectivity index (χ3n) is 3.47. The number of benzene rings is 1. The van der Waals surface area contributed by atoms with E-state index >= 15 is 0 Å². The number of hydrogen-bond acceptors (Lipinski definition) is 6. The molecule has 2 N–H and O–H groups in total. The van der Waals surface area contributed by atoms with E-state index in [4.69, 9.17) is 9.47 Å². The van der Waals surface area contributed by atoms with Gasteiger partial charge in [0.1, 0.15) is 13.2 Å². The molecule has 25 heavy (non-hydrogen) atoms. The van der Waals surface area contributed by atoms with Gasteiger partial charge in [-0.05, 0) is 19.1 Å². The van der Waals surface area contributed by atoms with Crippen molar-refractivity contribution in [1.29, 1.82) is 0 Å². The van der Waals surface area contributed by atoms with E-state index in [1.165, 1.54) is 11.8 Å². The summed E-state index contributed by atoms with van der Waals surface area (Å²) in [6.07, 6.45) is 3.45. The Morgan fingerprint density at radius 1 is 1.28 bits per heavy atom. The molecule has 2 heterocycles. The predicted octanol–water partition coefficient (Wildman–Crippen LogP) is 2.02. The maximum absolute atomic E-state index is 12.1. The van der Waals surface area contributed by atoms with Crippen molar-refractivity contribution in [3.8, 4) is 11.5 Å². The van der Waals surface area contributed by atoms with Crippen molar-refractivity contribution in [3.63, 3.8) is 0 Å². The molecule has 1 aliphatic rings. The lowest BCUT2D eigenvalue weighted by atomic mass is 10.2. The fraction of sp³-hybridized carbons (Fsp3) is 0.312. The molecule has 1 aliphatic heterocycles. The van der Waals surface area contributed by atoms with Crippen LogP contribution in [0.2, 0.25) is 0 Å². The summed E-state index contributed by atoms with van der Waals surface area (Å²) in [6, 6.07) is 4.45. The van der Waals surface area contributed by atoms with Gasteiger partial charge in [-0.25, -0.2) is 9.78 Å². The third kappa shape index (κ3) is 4.24. The van der Waals surface area contributed by atoms with E-state index in [0.29, 0.717) is 35.6 Å². The van der Waals surface area contributed by atoms with Crippen molar-refractivity contribution in [2.24, 2.45) is 7.05 Å². The van der Waals surface area contributed by atoms with Gasteiger partial charge in [0.05, 0.1) is 5.25 Å². The number of imide groups is 1. The smallest absolute Gasteiger partial charge is 0.325 e. The number of ether oxygens (including phenoxy) is 2. The molecule has 1 atom stereocenters. The first-order chi connectivity index (χ1) is 12.0. The zero-order chi connectivity index (χ0) is 17.8. The summed E-state index contributed by atoms with van der Waals surface area (Å²) in [5.74, 6) is 0.797. The maximum Gasteiger partial charge on any atom is 0.325 e. The van der Waals surface area contributed by atoms with E-state index in [1.807, 2.05) is 11.6 Å². The lowest BCUT2D eigenvalue weighted by Gasteiger charge is -2.19. The Morgan fingerprint density at radius 2 is 2.04 bits per heavy atom. The highest BCUT2D eigenvalue weighted by Gasteiger charge is 2.19. The van der Waals surface area contributed by atoms with Gasteiger partial charge in [0.25, 0.3) is 0 Å². The van der Waals surface area contributed by atoms with Crippen LogP contribution in [0.5, 0.6) is 11.5 Å². The van der Waals surface area contributed by atoms with E-state index in [1.54, 1.807) is 37.5 Å². The normalized spacial score (nSPS) is 13.8. The summed E-state index contributed by atoms with van der Waals surface area (Å²) in [4.78, 5) is 28.3. The quantitative estimate of drug-likeness (QED) is 0.808. The first-order valence-corrected chi connectivity index (χ1v) is 8.56. The van der Waals surface area contributed by atoms with Crippen molar-refractivity contribution in [3.05, 3.63) is 30.6 Å². The first kappa shape index (κ1) is 17.2. The van der Waals surface area contributed by atoms with Gasteiger partial charge >= 0.3 is 6.03 Å². The average molecular weight is 362 g/mol. The largest absolute Gasteiger partial charge is 0.486 e. The van der Waals surface area contributed by atoms with Crippen molar-refractivity contribution in [1.82, 2.24) is 14.9 Å². The summed E-state index contributed by atoms with van der Waals surface area (Å²) in [5.41, 5.74) is 0.513. The van der Waals surface area contributed by atoms with Crippen LogP contribution in [0.4, 0.5) is 10.5 Å². The molecule has 0 aliphatic carbocycles. The topological polar surface area (TPSA) is 94.5 Å². The second kappa shape index (κ2) is 7.47. The zero-order valence-electron chi connectivity index (χ0n) is 13.8. The predicted molar refractivity (Wildman–Crippen MR) is 93.1 cm³/mol. The number of rotatable bonds is 4. The molecule has 9 heteroatoms. The first-order valence-electron chi connectivity index (χ1n) is 7.68. The molecule has 1 aromatic carbocycles. The second-order valence-electron chi connectivity index (χ2n) is 5.38. The number of imidazole rings is 1. The number of thioether (sulfide) groups is 1. The zero-order valence-corrected chi connectivity index (χ0v) is 14.6. The van der Waals surface area contributed by atoms with Crippen LogP contribution in [-0.4, -0.2) is 40.0 Å². The van der Waals surface area contributed by atoms with Crippen LogP contribution in [0.15, 0.2) is 35.7 Å². The highest BCUT2D eigenvalue weighted by Crippen LogP contribution is 2.32. The molecule has 0 spiro atoms. The highest BCUT2D eigenvalue weighted by atomic mass is 32.2. The standard InChI is InChI=1S/C16H18N4O4S/c1-10(25-16-17-5-6-20(16)2)14(21)19-15(22)18-11-3-4-12-13(9-11)24-8-7-23-12/h3-6,9-10H,7-8H2,1-2H3,(H2,18,19,21,22)/t10-/m1/s1. The molecule has 0 radical (unpaired) electrons. The highest BCUT2D eigenvalue weighted by molar-refractivity contribution is 8.00. The number of urea groups is 1. The van der Waals surface area contributed by atoms with Gasteiger partial charge in [-0.2, -0.15) is 0 Å². The third-order valence-corrected chi connectivity index (χ3v) is 4.64. The summed E-state index contributed by atoms with van der Waals surface area (Å²) in [5, 5.41) is 5.17. The number of nitrogens with one attached hydrogen (secondary N) is 2. The number of carbonyl (C=O) groups excluding carboxylic acids is 2. The number of anilines is 1. The van der Waals surface area contributed by atoms with Crippen molar-refractivity contribution >= 4 is 29.4 Å². The van der Waals surface area contributed by atoms with Crippen molar-refractivity contribution in [2.45, 2.75) is 17.3 Å². The van der Waals surface area contributed by atoms with Gasteiger partial charge in [-0.15, -0.1) is 0 Å². The van der Waals surface area contributed by atoms with Crippen molar-refractivity contribution < 1.29 is 19.1 Å². The lowest BCUT2D eigenvalue weighted by molar-refractivity contribution is -0.119. The fourth-order valence-electron chi connectivity index (χ4n) is 2.17. The van der Waals surface area contributed by atoms with Gasteiger partial charge in [0.15, 0.2) is 16.7 Å². The van der Waals surface area contributed by atoms with Crippen LogP contribution in [-0.2, 0) is 11.8 Å². The molecule has 0 saturated heterocycles. The molecule has 1 aromatic heterocycles. The van der Waals surface area contributed by atoms with E-state index in [0.717, 1.165) is 0 Å². The lowest BCUT2D eigenvalue weighted by Crippen LogP contribution is -2.39. The number of nitrogens with zero attached hydrogens (tertiary/aromatic N) is 2. The Morgan fingerprint density at radius 3 is 2.76 bits per heavy atom. The van der Waals surface area contributed by atoms with Crippen LogP contribution in [0.1, 0.15) is 6.92 Å². The van der Waals surface area contributed by atoms with Crippen LogP contribution >= 0.6 is 11.8 Å². The number of hydrogen-bond donors (Lipinski definition) is 2. The minimum atomic E-state index is -0.603. The molecular weight excluding hydrogens is 344 g/mol. The van der Waals surface area contributed by atoms with E-state index in [2.05, 4.69) is 15.6 Å². The minimum absolute atomic E-state index is 0.400. The Hall–Kier alpha value is -2.68. The fourth-order valence-corrected chi connectivity index (χ4v) is 3.01. The van der Waals surface area contributed by atoms with E-state index < -0.39 is 17.2 Å². The van der Waals surface area contributed by atoms with Crippen LogP contribution in [0, 0.1) is 0 Å². The Balaban J connectivity index is 1.55. The van der Waals surface area contributed by atoms with Crippen LogP contribution in [0.3, 0.4) is 0 Å². The molecule has 3 amide bonds. The van der Waals surface area contributed by atoms with Gasteiger partial charge < -0.3 is 19.4 Å². The number of fused-ring (bicyclic) bond motifs is 1. The second-order valence-corrected chi connectivity index (χ2v) is 6.69. The number of aryl methyl sites for hydroxylation is 1. The molecule has 2 aromatic rings. The Bertz CT molecular complexity index is 792. The minimum Gasteiger partial charge on any atom is -0.486 e. The molecule has 0 unspecified atom stereocenters. The van der Waals surface area contributed by atoms with Crippen LogP contribution < -0.4 is 20.1 Å². The summed E-state index contributed by atoms with van der Waals surface area (Å²) in [7, 11) is 1.84. The Labute approximate surface area is 148 Å². The van der Waals surface area contributed by atoms with E-state index in [9.17, 15) is 9.59 Å². The molecule has 0 bridgehead atoms. The molecule has 8 nitrogen and oxygen atoms in total.